The van der Waals surface area contributed by atoms with Crippen LogP contribution in [0.2, 0.25) is 0 Å². The van der Waals surface area contributed by atoms with E-state index in [-0.39, 0.29) is 0 Å². The first kappa shape index (κ1) is 14.1. The molecule has 0 amide bonds. The van der Waals surface area contributed by atoms with Gasteiger partial charge in [-0.15, -0.1) is 0 Å². The van der Waals surface area contributed by atoms with Crippen LogP contribution in [0.4, 0.5) is 0 Å². The molecule has 1 aliphatic rings. The van der Waals surface area contributed by atoms with Crippen LogP contribution in [-0.4, -0.2) is 0 Å². The van der Waals surface area contributed by atoms with Gasteiger partial charge in [-0.3, -0.25) is 0 Å². The van der Waals surface area contributed by atoms with Crippen LogP contribution in [0, 0.1) is 35.5 Å². The molecule has 0 heteroatoms. The molecule has 0 aromatic heterocycles. The van der Waals surface area contributed by atoms with Crippen molar-refractivity contribution in [3.05, 3.63) is 0 Å². The van der Waals surface area contributed by atoms with Crippen molar-refractivity contribution in [2.75, 3.05) is 0 Å². The molecule has 1 aliphatic carbocycles. The van der Waals surface area contributed by atoms with Crippen LogP contribution >= 0.6 is 0 Å². The molecule has 4 unspecified atom stereocenters. The number of hydrogen-bond donors (Lipinski definition) is 0. The molecule has 1 saturated carbocycles. The van der Waals surface area contributed by atoms with E-state index in [0.717, 1.165) is 35.5 Å². The molecule has 1 rings (SSSR count). The third-order valence-electron chi connectivity index (χ3n) is 4.84. The molecule has 0 nitrogen and oxygen atoms in total. The maximum Gasteiger partial charge on any atom is -0.0352 e. The Morgan fingerprint density at radius 3 is 2.06 bits per heavy atom. The molecule has 4 atom stereocenters. The van der Waals surface area contributed by atoms with Crippen molar-refractivity contribution in [1.82, 2.24) is 0 Å². The first-order valence-corrected chi connectivity index (χ1v) is 7.43. The quantitative estimate of drug-likeness (QED) is 0.545. The van der Waals surface area contributed by atoms with Gasteiger partial charge in [0.05, 0.1) is 0 Å². The Hall–Kier alpha value is 0. The second-order valence-electron chi connectivity index (χ2n) is 6.97. The van der Waals surface area contributed by atoms with Crippen molar-refractivity contribution >= 4 is 0 Å². The molecular weight excluding hydrogens is 192 g/mol. The first-order chi connectivity index (χ1) is 7.43. The zero-order chi connectivity index (χ0) is 12.3. The van der Waals surface area contributed by atoms with Crippen molar-refractivity contribution in [2.24, 2.45) is 35.5 Å². The lowest BCUT2D eigenvalue weighted by molar-refractivity contribution is 0.369. The van der Waals surface area contributed by atoms with Gasteiger partial charge >= 0.3 is 0 Å². The van der Waals surface area contributed by atoms with Crippen LogP contribution in [-0.2, 0) is 0 Å². The lowest BCUT2D eigenvalue weighted by atomic mass is 9.92. The average Bonchev–Trinajstić information content (AvgIpc) is 2.75. The molecule has 0 bridgehead atoms. The van der Waals surface area contributed by atoms with Crippen molar-refractivity contribution in [1.29, 1.82) is 0 Å². The number of rotatable bonds is 7. The van der Waals surface area contributed by atoms with E-state index in [1.165, 1.54) is 25.7 Å². The summed E-state index contributed by atoms with van der Waals surface area (Å²) in [5.41, 5.74) is 0. The van der Waals surface area contributed by atoms with Gasteiger partial charge in [0.2, 0.25) is 0 Å². The normalized spacial score (nSPS) is 31.1. The SMILES string of the molecule is CC(C)CC1C(C)C1CCCC(C)C(C)C. The Balaban J connectivity index is 2.11. The monoisotopic (exact) mass is 224 g/mol. The van der Waals surface area contributed by atoms with Crippen molar-refractivity contribution in [2.45, 2.75) is 67.2 Å². The minimum Gasteiger partial charge on any atom is -0.0628 e. The van der Waals surface area contributed by atoms with Crippen LogP contribution < -0.4 is 0 Å². The second-order valence-corrected chi connectivity index (χ2v) is 6.97. The second kappa shape index (κ2) is 6.07. The minimum absolute atomic E-state index is 0.864. The molecule has 0 N–H and O–H groups in total. The van der Waals surface area contributed by atoms with Gasteiger partial charge in [0.25, 0.3) is 0 Å². The van der Waals surface area contributed by atoms with Crippen LogP contribution in [0.15, 0.2) is 0 Å². The van der Waals surface area contributed by atoms with E-state index >= 15 is 0 Å². The van der Waals surface area contributed by atoms with Crippen LogP contribution in [0.1, 0.15) is 67.2 Å². The molecule has 0 radical (unpaired) electrons. The summed E-state index contributed by atoms with van der Waals surface area (Å²) in [6, 6.07) is 0. The summed E-state index contributed by atoms with van der Waals surface area (Å²) in [5, 5.41) is 0. The molecule has 0 saturated heterocycles. The highest BCUT2D eigenvalue weighted by Gasteiger charge is 2.45. The Labute approximate surface area is 103 Å². The molecule has 0 aromatic carbocycles. The molecule has 96 valence electrons. The summed E-state index contributed by atoms with van der Waals surface area (Å²) in [5.74, 6) is 5.83. The van der Waals surface area contributed by atoms with Gasteiger partial charge in [-0.25, -0.2) is 0 Å². The van der Waals surface area contributed by atoms with Gasteiger partial charge < -0.3 is 0 Å². The lowest BCUT2D eigenvalue weighted by Gasteiger charge is -2.14. The van der Waals surface area contributed by atoms with E-state index in [0.29, 0.717) is 0 Å². The number of hydrogen-bond acceptors (Lipinski definition) is 0. The maximum absolute atomic E-state index is 2.46. The highest BCUT2D eigenvalue weighted by atomic mass is 14.5. The lowest BCUT2D eigenvalue weighted by Crippen LogP contribution is -2.03. The topological polar surface area (TPSA) is 0 Å². The van der Waals surface area contributed by atoms with E-state index in [2.05, 4.69) is 41.5 Å². The van der Waals surface area contributed by atoms with Crippen LogP contribution in [0.3, 0.4) is 0 Å². The van der Waals surface area contributed by atoms with Gasteiger partial charge in [-0.05, 0) is 48.3 Å². The summed E-state index contributed by atoms with van der Waals surface area (Å²) in [6.45, 7) is 14.3. The third kappa shape index (κ3) is 4.11. The molecule has 0 heterocycles. The summed E-state index contributed by atoms with van der Waals surface area (Å²) >= 11 is 0. The summed E-state index contributed by atoms with van der Waals surface area (Å²) in [4.78, 5) is 0. The predicted molar refractivity (Wildman–Crippen MR) is 73.5 cm³/mol. The van der Waals surface area contributed by atoms with E-state index < -0.39 is 0 Å². The first-order valence-electron chi connectivity index (χ1n) is 7.43. The Bertz CT molecular complexity index is 192. The fraction of sp³-hybridized carbons (Fsp3) is 1.00. The fourth-order valence-electron chi connectivity index (χ4n) is 3.06. The molecule has 0 aliphatic heterocycles. The predicted octanol–water partition coefficient (Wildman–Crippen LogP) is 5.38. The van der Waals surface area contributed by atoms with Gasteiger partial charge in [0.15, 0.2) is 0 Å². The van der Waals surface area contributed by atoms with Crippen molar-refractivity contribution in [3.8, 4) is 0 Å². The Morgan fingerprint density at radius 2 is 1.56 bits per heavy atom. The molecular formula is C16H32. The van der Waals surface area contributed by atoms with Crippen LogP contribution in [0.25, 0.3) is 0 Å². The molecule has 0 aromatic rings. The van der Waals surface area contributed by atoms with E-state index in [1.54, 1.807) is 0 Å². The standard InChI is InChI=1S/C16H32/c1-11(2)10-16-14(6)15(16)9-7-8-13(5)12(3)4/h11-16H,7-10H2,1-6H3. The van der Waals surface area contributed by atoms with Crippen molar-refractivity contribution < 1.29 is 0 Å². The summed E-state index contributed by atoms with van der Waals surface area (Å²) < 4.78 is 0. The summed E-state index contributed by atoms with van der Waals surface area (Å²) in [6.07, 6.45) is 5.86. The molecule has 1 fully saturated rings. The molecule has 0 spiro atoms. The third-order valence-corrected chi connectivity index (χ3v) is 4.84. The van der Waals surface area contributed by atoms with Crippen molar-refractivity contribution in [3.63, 3.8) is 0 Å². The van der Waals surface area contributed by atoms with Crippen LogP contribution in [0.5, 0.6) is 0 Å². The molecule has 16 heavy (non-hydrogen) atoms. The van der Waals surface area contributed by atoms with E-state index in [4.69, 9.17) is 0 Å². The van der Waals surface area contributed by atoms with E-state index in [1.807, 2.05) is 0 Å². The smallest absolute Gasteiger partial charge is 0.0352 e. The van der Waals surface area contributed by atoms with Gasteiger partial charge in [0.1, 0.15) is 0 Å². The highest BCUT2D eigenvalue weighted by molar-refractivity contribution is 4.94. The zero-order valence-corrected chi connectivity index (χ0v) is 12.3. The van der Waals surface area contributed by atoms with E-state index in [9.17, 15) is 0 Å². The zero-order valence-electron chi connectivity index (χ0n) is 12.3. The fourth-order valence-corrected chi connectivity index (χ4v) is 3.06. The summed E-state index contributed by atoms with van der Waals surface area (Å²) in [7, 11) is 0. The Kier molecular flexibility index (Phi) is 5.34. The highest BCUT2D eigenvalue weighted by Crippen LogP contribution is 2.52. The maximum atomic E-state index is 2.46. The van der Waals surface area contributed by atoms with Gasteiger partial charge in [0, 0.05) is 0 Å². The van der Waals surface area contributed by atoms with Gasteiger partial charge in [-0.1, -0.05) is 54.4 Å². The Morgan fingerprint density at radius 1 is 0.938 bits per heavy atom. The largest absolute Gasteiger partial charge is 0.0628 e. The average molecular weight is 224 g/mol. The minimum atomic E-state index is 0.864. The van der Waals surface area contributed by atoms with Gasteiger partial charge in [-0.2, -0.15) is 0 Å².